The Kier molecular flexibility index (Phi) is 4.38. The Morgan fingerprint density at radius 1 is 1.32 bits per heavy atom. The Labute approximate surface area is 110 Å². The number of ether oxygens (including phenoxy) is 1. The summed E-state index contributed by atoms with van der Waals surface area (Å²) in [5.74, 6) is 0.390. The van der Waals surface area contributed by atoms with Crippen molar-refractivity contribution in [3.05, 3.63) is 11.9 Å². The molecule has 6 N–H and O–H groups in total. The molecule has 0 amide bonds. The van der Waals surface area contributed by atoms with Crippen molar-refractivity contribution in [2.75, 3.05) is 11.9 Å². The number of hydrogen-bond acceptors (Lipinski definition) is 7. The lowest BCUT2D eigenvalue weighted by atomic mass is 9.98. The molecule has 5 unspecified atom stereocenters. The van der Waals surface area contributed by atoms with Gasteiger partial charge in [0.1, 0.15) is 24.4 Å². The number of rotatable bonds is 4. The number of aryl methyl sites for hydroxylation is 1. The Morgan fingerprint density at radius 3 is 2.63 bits per heavy atom. The first-order valence-electron chi connectivity index (χ1n) is 6.17. The van der Waals surface area contributed by atoms with Crippen molar-refractivity contribution in [1.82, 2.24) is 9.97 Å². The number of H-pyrrole nitrogens is 1. The SMILES string of the molecule is CCc1cnc(NC2OC(CO)C(O)C(O)C2O)[nH]1. The van der Waals surface area contributed by atoms with Gasteiger partial charge >= 0.3 is 0 Å². The number of aromatic nitrogens is 2. The molecule has 0 saturated carbocycles. The largest absolute Gasteiger partial charge is 0.394 e. The van der Waals surface area contributed by atoms with Crippen molar-refractivity contribution in [2.45, 2.75) is 44.0 Å². The molecule has 0 spiro atoms. The number of aromatic amines is 1. The quantitative estimate of drug-likeness (QED) is 0.381. The molecule has 1 fully saturated rings. The summed E-state index contributed by atoms with van der Waals surface area (Å²) in [5, 5.41) is 40.9. The fraction of sp³-hybridized carbons (Fsp3) is 0.727. The first-order valence-corrected chi connectivity index (χ1v) is 6.17. The normalized spacial score (nSPS) is 35.3. The lowest BCUT2D eigenvalue weighted by molar-refractivity contribution is -0.221. The van der Waals surface area contributed by atoms with Gasteiger partial charge in [0.05, 0.1) is 12.8 Å². The van der Waals surface area contributed by atoms with Crippen LogP contribution in [0.1, 0.15) is 12.6 Å². The van der Waals surface area contributed by atoms with E-state index in [0.29, 0.717) is 5.95 Å². The number of hydrogen-bond donors (Lipinski definition) is 6. The maximum atomic E-state index is 9.83. The summed E-state index contributed by atoms with van der Waals surface area (Å²) in [4.78, 5) is 7.02. The molecule has 108 valence electrons. The van der Waals surface area contributed by atoms with Crippen molar-refractivity contribution >= 4 is 5.95 Å². The second kappa shape index (κ2) is 5.85. The molecule has 5 atom stereocenters. The van der Waals surface area contributed by atoms with E-state index >= 15 is 0 Å². The third-order valence-electron chi connectivity index (χ3n) is 3.18. The van der Waals surface area contributed by atoms with Gasteiger partial charge in [-0.15, -0.1) is 0 Å². The molecular formula is C11H19N3O5. The number of anilines is 1. The molecule has 1 saturated heterocycles. The minimum Gasteiger partial charge on any atom is -0.394 e. The fourth-order valence-electron chi connectivity index (χ4n) is 1.97. The van der Waals surface area contributed by atoms with Crippen molar-refractivity contribution in [3.63, 3.8) is 0 Å². The zero-order valence-electron chi connectivity index (χ0n) is 10.5. The lowest BCUT2D eigenvalue weighted by Crippen LogP contribution is -2.60. The van der Waals surface area contributed by atoms with E-state index in [1.54, 1.807) is 6.20 Å². The molecule has 1 aromatic rings. The summed E-state index contributed by atoms with van der Waals surface area (Å²) in [6, 6.07) is 0. The zero-order valence-corrected chi connectivity index (χ0v) is 10.5. The predicted molar refractivity (Wildman–Crippen MR) is 65.4 cm³/mol. The third-order valence-corrected chi connectivity index (χ3v) is 3.18. The summed E-state index contributed by atoms with van der Waals surface area (Å²) in [5.41, 5.74) is 0.909. The number of imidazole rings is 1. The highest BCUT2D eigenvalue weighted by molar-refractivity contribution is 5.28. The van der Waals surface area contributed by atoms with Crippen LogP contribution in [0.5, 0.6) is 0 Å². The van der Waals surface area contributed by atoms with Crippen LogP contribution in [0.2, 0.25) is 0 Å². The molecule has 0 radical (unpaired) electrons. The van der Waals surface area contributed by atoms with E-state index in [1.807, 2.05) is 6.92 Å². The molecule has 1 aromatic heterocycles. The Bertz CT molecular complexity index is 411. The van der Waals surface area contributed by atoms with Gasteiger partial charge in [0.25, 0.3) is 0 Å². The summed E-state index contributed by atoms with van der Waals surface area (Å²) in [6.07, 6.45) is -3.56. The zero-order chi connectivity index (χ0) is 14.0. The average molecular weight is 273 g/mol. The van der Waals surface area contributed by atoms with Crippen LogP contribution in [-0.2, 0) is 11.2 Å². The monoisotopic (exact) mass is 273 g/mol. The van der Waals surface area contributed by atoms with Gasteiger partial charge in [-0.05, 0) is 6.42 Å². The molecule has 0 bridgehead atoms. The van der Waals surface area contributed by atoms with Gasteiger partial charge in [-0.2, -0.15) is 0 Å². The topological polar surface area (TPSA) is 131 Å². The second-order valence-electron chi connectivity index (χ2n) is 4.50. The number of nitrogens with zero attached hydrogens (tertiary/aromatic N) is 1. The van der Waals surface area contributed by atoms with Gasteiger partial charge in [-0.1, -0.05) is 6.92 Å². The van der Waals surface area contributed by atoms with Crippen molar-refractivity contribution < 1.29 is 25.2 Å². The third kappa shape index (κ3) is 2.88. The van der Waals surface area contributed by atoms with Crippen molar-refractivity contribution in [3.8, 4) is 0 Å². The van der Waals surface area contributed by atoms with Crippen LogP contribution in [0.15, 0.2) is 6.20 Å². The smallest absolute Gasteiger partial charge is 0.202 e. The van der Waals surface area contributed by atoms with Crippen LogP contribution in [0, 0.1) is 0 Å². The molecule has 1 aliphatic rings. The van der Waals surface area contributed by atoms with E-state index in [1.165, 1.54) is 0 Å². The lowest BCUT2D eigenvalue weighted by Gasteiger charge is -2.40. The van der Waals surface area contributed by atoms with Crippen molar-refractivity contribution in [1.29, 1.82) is 0 Å². The molecule has 2 rings (SSSR count). The van der Waals surface area contributed by atoms with E-state index in [0.717, 1.165) is 12.1 Å². The van der Waals surface area contributed by atoms with Crippen LogP contribution in [0.25, 0.3) is 0 Å². The minimum atomic E-state index is -1.40. The molecule has 19 heavy (non-hydrogen) atoms. The minimum absolute atomic E-state index is 0.390. The Balaban J connectivity index is 2.06. The van der Waals surface area contributed by atoms with Crippen molar-refractivity contribution in [2.24, 2.45) is 0 Å². The second-order valence-corrected chi connectivity index (χ2v) is 4.50. The summed E-state index contributed by atoms with van der Waals surface area (Å²) in [7, 11) is 0. The first kappa shape index (κ1) is 14.2. The standard InChI is InChI=1S/C11H19N3O5/c1-2-5-3-12-11(13-5)14-10-9(18)8(17)7(16)6(4-15)19-10/h3,6-10,15-18H,2,4H2,1H3,(H2,12,13,14). The molecule has 8 nitrogen and oxygen atoms in total. The highest BCUT2D eigenvalue weighted by atomic mass is 16.6. The van der Waals surface area contributed by atoms with Gasteiger partial charge in [-0.25, -0.2) is 4.98 Å². The average Bonchev–Trinajstić information content (AvgIpc) is 2.87. The molecule has 1 aliphatic heterocycles. The molecule has 8 heteroatoms. The predicted octanol–water partition coefficient (Wildman–Crippen LogP) is -1.82. The highest BCUT2D eigenvalue weighted by Gasteiger charge is 2.43. The van der Waals surface area contributed by atoms with E-state index in [-0.39, 0.29) is 0 Å². The Hall–Kier alpha value is -1.19. The van der Waals surface area contributed by atoms with E-state index < -0.39 is 37.3 Å². The molecule has 2 heterocycles. The number of nitrogens with one attached hydrogen (secondary N) is 2. The van der Waals surface area contributed by atoms with E-state index in [4.69, 9.17) is 9.84 Å². The summed E-state index contributed by atoms with van der Waals surface area (Å²) < 4.78 is 5.30. The summed E-state index contributed by atoms with van der Waals surface area (Å²) >= 11 is 0. The van der Waals surface area contributed by atoms with Crippen LogP contribution in [0.3, 0.4) is 0 Å². The van der Waals surface area contributed by atoms with Crippen LogP contribution < -0.4 is 5.32 Å². The van der Waals surface area contributed by atoms with Crippen LogP contribution in [0.4, 0.5) is 5.95 Å². The maximum Gasteiger partial charge on any atom is 0.202 e. The van der Waals surface area contributed by atoms with Gasteiger partial charge in [-0.3, -0.25) is 0 Å². The van der Waals surface area contributed by atoms with Gasteiger partial charge in [0, 0.05) is 5.69 Å². The highest BCUT2D eigenvalue weighted by Crippen LogP contribution is 2.21. The fourth-order valence-corrected chi connectivity index (χ4v) is 1.97. The molecular weight excluding hydrogens is 254 g/mol. The van der Waals surface area contributed by atoms with Gasteiger partial charge in [0.2, 0.25) is 5.95 Å². The Morgan fingerprint density at radius 2 is 2.05 bits per heavy atom. The summed E-state index contributed by atoms with van der Waals surface area (Å²) in [6.45, 7) is 1.51. The molecule has 0 aromatic carbocycles. The van der Waals surface area contributed by atoms with E-state index in [9.17, 15) is 15.3 Å². The van der Waals surface area contributed by atoms with Crippen LogP contribution in [-0.4, -0.2) is 67.6 Å². The van der Waals surface area contributed by atoms with Gasteiger partial charge < -0.3 is 35.5 Å². The number of aliphatic hydroxyl groups is 4. The number of aliphatic hydroxyl groups excluding tert-OH is 4. The maximum absolute atomic E-state index is 9.83. The van der Waals surface area contributed by atoms with E-state index in [2.05, 4.69) is 15.3 Å². The molecule has 0 aliphatic carbocycles. The van der Waals surface area contributed by atoms with Crippen LogP contribution >= 0.6 is 0 Å². The van der Waals surface area contributed by atoms with Gasteiger partial charge in [0.15, 0.2) is 6.23 Å². The first-order chi connectivity index (χ1) is 9.06.